The van der Waals surface area contributed by atoms with Crippen LogP contribution >= 0.6 is 23.2 Å². The predicted octanol–water partition coefficient (Wildman–Crippen LogP) is 3.97. The van der Waals surface area contributed by atoms with Crippen molar-refractivity contribution in [3.63, 3.8) is 0 Å². The first-order chi connectivity index (χ1) is 11.1. The number of rotatable bonds is 4. The van der Waals surface area contributed by atoms with Gasteiger partial charge in [-0.05, 0) is 29.8 Å². The Bertz CT molecular complexity index is 834. The second kappa shape index (κ2) is 6.81. The highest BCUT2D eigenvalue weighted by atomic mass is 35.5. The average Bonchev–Trinajstić information content (AvgIpc) is 3.06. The standard InChI is InChI=1S/C16H11Cl2N3O2/c17-12-4-3-10(6-13(12)18)8-20-16(22)14-7-15(23-21-14)11-2-1-5-19-9-11/h1-7,9H,8H2,(H,20,22). The van der Waals surface area contributed by atoms with Crippen molar-refractivity contribution in [3.05, 3.63) is 70.1 Å². The highest BCUT2D eigenvalue weighted by Gasteiger charge is 2.13. The van der Waals surface area contributed by atoms with Gasteiger partial charge in [0, 0.05) is 30.6 Å². The lowest BCUT2D eigenvalue weighted by Crippen LogP contribution is -2.23. The molecule has 7 heteroatoms. The first-order valence-electron chi connectivity index (χ1n) is 6.73. The molecule has 0 saturated carbocycles. The number of carbonyl (C=O) groups excluding carboxylic acids is 1. The SMILES string of the molecule is O=C(NCc1ccc(Cl)c(Cl)c1)c1cc(-c2cccnc2)on1. The molecule has 0 radical (unpaired) electrons. The Hall–Kier alpha value is -2.37. The zero-order chi connectivity index (χ0) is 16.2. The van der Waals surface area contributed by atoms with E-state index in [0.717, 1.165) is 11.1 Å². The van der Waals surface area contributed by atoms with Crippen LogP contribution in [0, 0.1) is 0 Å². The van der Waals surface area contributed by atoms with Crippen LogP contribution in [0.1, 0.15) is 16.1 Å². The van der Waals surface area contributed by atoms with Gasteiger partial charge in [-0.3, -0.25) is 9.78 Å². The fraction of sp³-hybridized carbons (Fsp3) is 0.0625. The maximum absolute atomic E-state index is 12.1. The summed E-state index contributed by atoms with van der Waals surface area (Å²) in [5, 5.41) is 7.44. The molecule has 2 aromatic heterocycles. The van der Waals surface area contributed by atoms with E-state index < -0.39 is 0 Å². The summed E-state index contributed by atoms with van der Waals surface area (Å²) in [6.07, 6.45) is 3.29. The van der Waals surface area contributed by atoms with Crippen molar-refractivity contribution in [3.8, 4) is 11.3 Å². The molecule has 0 aliphatic carbocycles. The van der Waals surface area contributed by atoms with E-state index in [-0.39, 0.29) is 11.6 Å². The molecule has 0 spiro atoms. The smallest absolute Gasteiger partial charge is 0.273 e. The van der Waals surface area contributed by atoms with Crippen molar-refractivity contribution in [2.24, 2.45) is 0 Å². The molecule has 0 unspecified atom stereocenters. The van der Waals surface area contributed by atoms with Crippen molar-refractivity contribution in [1.82, 2.24) is 15.5 Å². The maximum atomic E-state index is 12.1. The summed E-state index contributed by atoms with van der Waals surface area (Å²) in [7, 11) is 0. The van der Waals surface area contributed by atoms with Gasteiger partial charge in [0.1, 0.15) is 0 Å². The molecule has 3 rings (SSSR count). The van der Waals surface area contributed by atoms with Crippen LogP contribution in [0.15, 0.2) is 53.3 Å². The summed E-state index contributed by atoms with van der Waals surface area (Å²) >= 11 is 11.8. The van der Waals surface area contributed by atoms with Gasteiger partial charge in [-0.25, -0.2) is 0 Å². The van der Waals surface area contributed by atoms with Crippen LogP contribution in [0.25, 0.3) is 11.3 Å². The van der Waals surface area contributed by atoms with Gasteiger partial charge in [0.05, 0.1) is 10.0 Å². The number of nitrogens with zero attached hydrogens (tertiary/aromatic N) is 2. The van der Waals surface area contributed by atoms with Crippen molar-refractivity contribution in [2.75, 3.05) is 0 Å². The summed E-state index contributed by atoms with van der Waals surface area (Å²) in [5.41, 5.74) is 1.79. The highest BCUT2D eigenvalue weighted by Crippen LogP contribution is 2.22. The summed E-state index contributed by atoms with van der Waals surface area (Å²) < 4.78 is 5.17. The number of hydrogen-bond donors (Lipinski definition) is 1. The molecule has 5 nitrogen and oxygen atoms in total. The molecular weight excluding hydrogens is 337 g/mol. The van der Waals surface area contributed by atoms with Gasteiger partial charge in [0.25, 0.3) is 5.91 Å². The summed E-state index contributed by atoms with van der Waals surface area (Å²) in [6.45, 7) is 0.310. The van der Waals surface area contributed by atoms with Gasteiger partial charge in [-0.15, -0.1) is 0 Å². The van der Waals surface area contributed by atoms with Crippen LogP contribution in [0.2, 0.25) is 10.0 Å². The van der Waals surface area contributed by atoms with Crippen LogP contribution in [-0.4, -0.2) is 16.0 Å². The third-order valence-corrected chi connectivity index (χ3v) is 3.86. The number of benzene rings is 1. The van der Waals surface area contributed by atoms with Gasteiger partial charge in [-0.1, -0.05) is 34.4 Å². The van der Waals surface area contributed by atoms with Crippen molar-refractivity contribution < 1.29 is 9.32 Å². The maximum Gasteiger partial charge on any atom is 0.273 e. The van der Waals surface area contributed by atoms with E-state index in [0.29, 0.717) is 22.4 Å². The number of halogens is 2. The van der Waals surface area contributed by atoms with Crippen molar-refractivity contribution in [1.29, 1.82) is 0 Å². The second-order valence-electron chi connectivity index (χ2n) is 4.75. The van der Waals surface area contributed by atoms with E-state index in [1.165, 1.54) is 0 Å². The molecule has 1 aromatic carbocycles. The number of nitrogens with one attached hydrogen (secondary N) is 1. The number of aromatic nitrogens is 2. The lowest BCUT2D eigenvalue weighted by molar-refractivity contribution is 0.0942. The van der Waals surface area contributed by atoms with Crippen LogP contribution < -0.4 is 5.32 Å². The number of amides is 1. The largest absolute Gasteiger partial charge is 0.355 e. The minimum atomic E-state index is -0.338. The Kier molecular flexibility index (Phi) is 4.60. The fourth-order valence-electron chi connectivity index (χ4n) is 1.95. The molecular formula is C16H11Cl2N3O2. The summed E-state index contributed by atoms with van der Waals surface area (Å²) in [6, 6.07) is 10.3. The molecule has 116 valence electrons. The number of carbonyl (C=O) groups is 1. The minimum Gasteiger partial charge on any atom is -0.355 e. The molecule has 2 heterocycles. The Balaban J connectivity index is 1.67. The van der Waals surface area contributed by atoms with Crippen molar-refractivity contribution >= 4 is 29.1 Å². The third-order valence-electron chi connectivity index (χ3n) is 3.13. The van der Waals surface area contributed by atoms with E-state index in [4.69, 9.17) is 27.7 Å². The summed E-state index contributed by atoms with van der Waals surface area (Å²) in [5.74, 6) is 0.146. The second-order valence-corrected chi connectivity index (χ2v) is 5.56. The number of hydrogen-bond acceptors (Lipinski definition) is 4. The molecule has 23 heavy (non-hydrogen) atoms. The molecule has 0 atom stereocenters. The highest BCUT2D eigenvalue weighted by molar-refractivity contribution is 6.42. The molecule has 0 aliphatic rings. The quantitative estimate of drug-likeness (QED) is 0.775. The van der Waals surface area contributed by atoms with E-state index in [9.17, 15) is 4.79 Å². The predicted molar refractivity (Wildman–Crippen MR) is 87.4 cm³/mol. The summed E-state index contributed by atoms with van der Waals surface area (Å²) in [4.78, 5) is 16.1. The van der Waals surface area contributed by atoms with Crippen LogP contribution in [0.4, 0.5) is 0 Å². The fourth-order valence-corrected chi connectivity index (χ4v) is 2.27. The lowest BCUT2D eigenvalue weighted by Gasteiger charge is -2.04. The van der Waals surface area contributed by atoms with E-state index >= 15 is 0 Å². The van der Waals surface area contributed by atoms with E-state index in [1.54, 1.807) is 42.7 Å². The Labute approximate surface area is 142 Å². The molecule has 1 N–H and O–H groups in total. The molecule has 0 fully saturated rings. The Morgan fingerprint density at radius 2 is 2.04 bits per heavy atom. The molecule has 3 aromatic rings. The van der Waals surface area contributed by atoms with Gasteiger partial charge >= 0.3 is 0 Å². The molecule has 1 amide bonds. The zero-order valence-electron chi connectivity index (χ0n) is 11.8. The minimum absolute atomic E-state index is 0.198. The van der Waals surface area contributed by atoms with Gasteiger partial charge in [0.15, 0.2) is 11.5 Å². The number of pyridine rings is 1. The normalized spacial score (nSPS) is 10.5. The van der Waals surface area contributed by atoms with Gasteiger partial charge < -0.3 is 9.84 Å². The van der Waals surface area contributed by atoms with Crippen LogP contribution in [-0.2, 0) is 6.54 Å². The average molecular weight is 348 g/mol. The lowest BCUT2D eigenvalue weighted by atomic mass is 10.2. The first-order valence-corrected chi connectivity index (χ1v) is 7.48. The Morgan fingerprint density at radius 1 is 1.17 bits per heavy atom. The zero-order valence-corrected chi connectivity index (χ0v) is 13.3. The van der Waals surface area contributed by atoms with Gasteiger partial charge in [-0.2, -0.15) is 0 Å². The first kappa shape index (κ1) is 15.5. The Morgan fingerprint density at radius 3 is 2.78 bits per heavy atom. The van der Waals surface area contributed by atoms with E-state index in [1.807, 2.05) is 6.07 Å². The molecule has 0 bridgehead atoms. The van der Waals surface area contributed by atoms with Crippen LogP contribution in [0.3, 0.4) is 0 Å². The molecule has 0 aliphatic heterocycles. The topological polar surface area (TPSA) is 68.0 Å². The third kappa shape index (κ3) is 3.70. The van der Waals surface area contributed by atoms with Crippen molar-refractivity contribution in [2.45, 2.75) is 6.54 Å². The molecule has 0 saturated heterocycles. The van der Waals surface area contributed by atoms with Gasteiger partial charge in [0.2, 0.25) is 0 Å². The van der Waals surface area contributed by atoms with E-state index in [2.05, 4.69) is 15.5 Å². The van der Waals surface area contributed by atoms with Crippen LogP contribution in [0.5, 0.6) is 0 Å². The monoisotopic (exact) mass is 347 g/mol.